The first-order valence-electron chi connectivity index (χ1n) is 10.3. The van der Waals surface area contributed by atoms with E-state index in [1.54, 1.807) is 38.5 Å². The number of carbonyl (C=O) groups is 1. The zero-order valence-corrected chi connectivity index (χ0v) is 18.9. The number of oxazole rings is 1. The van der Waals surface area contributed by atoms with Gasteiger partial charge >= 0.3 is 0 Å². The second-order valence-electron chi connectivity index (χ2n) is 8.55. The fraction of sp³-hybridized carbons (Fsp3) is 0.231. The minimum absolute atomic E-state index is 0.0403. The molecule has 0 unspecified atom stereocenters. The molecule has 0 radical (unpaired) electrons. The van der Waals surface area contributed by atoms with Crippen LogP contribution in [-0.4, -0.2) is 25.1 Å². The molecule has 32 heavy (non-hydrogen) atoms. The monoisotopic (exact) mass is 430 g/mol. The van der Waals surface area contributed by atoms with Gasteiger partial charge in [0.1, 0.15) is 5.52 Å². The Labute approximate surface area is 187 Å². The molecule has 1 aromatic heterocycles. The summed E-state index contributed by atoms with van der Waals surface area (Å²) >= 11 is 0. The van der Waals surface area contributed by atoms with Gasteiger partial charge in [-0.05, 0) is 59.5 Å². The molecule has 0 bridgehead atoms. The van der Waals surface area contributed by atoms with Crippen molar-refractivity contribution in [2.75, 3.05) is 19.5 Å². The molecule has 0 saturated carbocycles. The molecule has 4 aromatic rings. The molecule has 1 heterocycles. The van der Waals surface area contributed by atoms with E-state index in [1.807, 2.05) is 36.4 Å². The standard InChI is InChI=1S/C26H26N2O4/c1-26(2,3)18-9-6-16(7-10-18)24(29)27-19-11-13-21-20(15-19)28-25(32-21)17-8-12-22(30-4)23(14-17)31-5/h6-15H,1-5H3,(H,27,29). The number of hydrogen-bond donors (Lipinski definition) is 1. The third-order valence-corrected chi connectivity index (χ3v) is 5.29. The van der Waals surface area contributed by atoms with Crippen molar-refractivity contribution in [3.05, 3.63) is 71.8 Å². The number of nitrogens with zero attached hydrogens (tertiary/aromatic N) is 1. The predicted octanol–water partition coefficient (Wildman–Crippen LogP) is 6.06. The number of rotatable bonds is 5. The number of fused-ring (bicyclic) bond motifs is 1. The highest BCUT2D eigenvalue weighted by molar-refractivity contribution is 6.05. The van der Waals surface area contributed by atoms with Crippen LogP contribution in [0.25, 0.3) is 22.6 Å². The fourth-order valence-corrected chi connectivity index (χ4v) is 3.42. The van der Waals surface area contributed by atoms with Gasteiger partial charge in [-0.1, -0.05) is 32.9 Å². The molecule has 0 atom stereocenters. The Morgan fingerprint density at radius 3 is 2.28 bits per heavy atom. The summed E-state index contributed by atoms with van der Waals surface area (Å²) in [6.45, 7) is 6.43. The molecule has 0 aliphatic heterocycles. The lowest BCUT2D eigenvalue weighted by atomic mass is 9.87. The number of amides is 1. The lowest BCUT2D eigenvalue weighted by Gasteiger charge is -2.19. The molecular formula is C26H26N2O4. The van der Waals surface area contributed by atoms with Crippen molar-refractivity contribution >= 4 is 22.7 Å². The third-order valence-electron chi connectivity index (χ3n) is 5.29. The Kier molecular flexibility index (Phi) is 5.61. The minimum Gasteiger partial charge on any atom is -0.493 e. The zero-order chi connectivity index (χ0) is 22.9. The smallest absolute Gasteiger partial charge is 0.255 e. The maximum absolute atomic E-state index is 12.7. The number of methoxy groups -OCH3 is 2. The summed E-state index contributed by atoms with van der Waals surface area (Å²) in [4.78, 5) is 17.3. The Balaban J connectivity index is 1.56. The van der Waals surface area contributed by atoms with Gasteiger partial charge in [0.05, 0.1) is 14.2 Å². The maximum Gasteiger partial charge on any atom is 0.255 e. The van der Waals surface area contributed by atoms with Gasteiger partial charge in [-0.2, -0.15) is 0 Å². The van der Waals surface area contributed by atoms with Crippen LogP contribution in [0.5, 0.6) is 11.5 Å². The topological polar surface area (TPSA) is 73.6 Å². The average Bonchev–Trinajstić information content (AvgIpc) is 3.21. The molecule has 0 spiro atoms. The van der Waals surface area contributed by atoms with Gasteiger partial charge in [-0.25, -0.2) is 4.98 Å². The molecule has 0 aliphatic rings. The van der Waals surface area contributed by atoms with Crippen molar-refractivity contribution in [1.29, 1.82) is 0 Å². The van der Waals surface area contributed by atoms with Crippen molar-refractivity contribution in [2.45, 2.75) is 26.2 Å². The van der Waals surface area contributed by atoms with Crippen LogP contribution in [0.1, 0.15) is 36.7 Å². The van der Waals surface area contributed by atoms with Crippen LogP contribution in [0.4, 0.5) is 5.69 Å². The number of carbonyl (C=O) groups excluding carboxylic acids is 1. The quantitative estimate of drug-likeness (QED) is 0.416. The minimum atomic E-state index is -0.173. The van der Waals surface area contributed by atoms with E-state index in [0.29, 0.717) is 39.7 Å². The Morgan fingerprint density at radius 1 is 0.906 bits per heavy atom. The SMILES string of the molecule is COc1ccc(-c2nc3cc(NC(=O)c4ccc(C(C)(C)C)cc4)ccc3o2)cc1OC. The summed E-state index contributed by atoms with van der Waals surface area (Å²) < 4.78 is 16.5. The largest absolute Gasteiger partial charge is 0.493 e. The van der Waals surface area contributed by atoms with Crippen LogP contribution in [0.3, 0.4) is 0 Å². The first kappa shape index (κ1) is 21.4. The predicted molar refractivity (Wildman–Crippen MR) is 126 cm³/mol. The van der Waals surface area contributed by atoms with Crippen LogP contribution in [-0.2, 0) is 5.41 Å². The molecule has 0 aliphatic carbocycles. The van der Waals surface area contributed by atoms with Gasteiger partial charge in [-0.15, -0.1) is 0 Å². The molecule has 0 fully saturated rings. The lowest BCUT2D eigenvalue weighted by Crippen LogP contribution is -2.14. The van der Waals surface area contributed by atoms with Gasteiger partial charge in [0, 0.05) is 16.8 Å². The summed E-state index contributed by atoms with van der Waals surface area (Å²) in [7, 11) is 3.17. The highest BCUT2D eigenvalue weighted by atomic mass is 16.5. The van der Waals surface area contributed by atoms with Crippen LogP contribution in [0.2, 0.25) is 0 Å². The van der Waals surface area contributed by atoms with Crippen molar-refractivity contribution < 1.29 is 18.7 Å². The van der Waals surface area contributed by atoms with E-state index in [-0.39, 0.29) is 11.3 Å². The van der Waals surface area contributed by atoms with Gasteiger partial charge in [-0.3, -0.25) is 4.79 Å². The third kappa shape index (κ3) is 4.30. The van der Waals surface area contributed by atoms with Crippen molar-refractivity contribution in [1.82, 2.24) is 4.98 Å². The van der Waals surface area contributed by atoms with Crippen molar-refractivity contribution in [3.8, 4) is 23.0 Å². The van der Waals surface area contributed by atoms with E-state index in [0.717, 1.165) is 5.56 Å². The number of aromatic nitrogens is 1. The highest BCUT2D eigenvalue weighted by Gasteiger charge is 2.16. The number of hydrogen-bond acceptors (Lipinski definition) is 5. The van der Waals surface area contributed by atoms with Gasteiger partial charge in [0.15, 0.2) is 17.1 Å². The summed E-state index contributed by atoms with van der Waals surface area (Å²) in [6, 6.07) is 18.5. The Bertz CT molecular complexity index is 1270. The second kappa shape index (κ2) is 8.38. The summed E-state index contributed by atoms with van der Waals surface area (Å²) in [5.74, 6) is 1.51. The second-order valence-corrected chi connectivity index (χ2v) is 8.55. The van der Waals surface area contributed by atoms with E-state index in [1.165, 1.54) is 5.56 Å². The fourth-order valence-electron chi connectivity index (χ4n) is 3.42. The summed E-state index contributed by atoms with van der Waals surface area (Å²) in [6.07, 6.45) is 0. The number of ether oxygens (including phenoxy) is 2. The molecule has 1 amide bonds. The average molecular weight is 431 g/mol. The number of nitrogens with one attached hydrogen (secondary N) is 1. The first-order chi connectivity index (χ1) is 15.3. The van der Waals surface area contributed by atoms with Gasteiger partial charge in [0.2, 0.25) is 5.89 Å². The summed E-state index contributed by atoms with van der Waals surface area (Å²) in [5, 5.41) is 2.93. The zero-order valence-electron chi connectivity index (χ0n) is 18.9. The molecule has 6 heteroatoms. The molecular weight excluding hydrogens is 404 g/mol. The van der Waals surface area contributed by atoms with Crippen LogP contribution in [0, 0.1) is 0 Å². The number of anilines is 1. The molecule has 6 nitrogen and oxygen atoms in total. The Morgan fingerprint density at radius 2 is 1.62 bits per heavy atom. The van der Waals surface area contributed by atoms with E-state index in [2.05, 4.69) is 31.1 Å². The molecule has 3 aromatic carbocycles. The number of benzene rings is 3. The molecule has 164 valence electrons. The molecule has 4 rings (SSSR count). The van der Waals surface area contributed by atoms with Crippen LogP contribution >= 0.6 is 0 Å². The van der Waals surface area contributed by atoms with E-state index in [4.69, 9.17) is 13.9 Å². The van der Waals surface area contributed by atoms with E-state index >= 15 is 0 Å². The maximum atomic E-state index is 12.7. The van der Waals surface area contributed by atoms with E-state index < -0.39 is 0 Å². The molecule has 0 saturated heterocycles. The van der Waals surface area contributed by atoms with Crippen molar-refractivity contribution in [3.63, 3.8) is 0 Å². The van der Waals surface area contributed by atoms with Gasteiger partial charge < -0.3 is 19.2 Å². The van der Waals surface area contributed by atoms with Crippen LogP contribution in [0.15, 0.2) is 65.1 Å². The van der Waals surface area contributed by atoms with Crippen molar-refractivity contribution in [2.24, 2.45) is 0 Å². The first-order valence-corrected chi connectivity index (χ1v) is 10.3. The normalized spacial score (nSPS) is 11.4. The van der Waals surface area contributed by atoms with Gasteiger partial charge in [0.25, 0.3) is 5.91 Å². The summed E-state index contributed by atoms with van der Waals surface area (Å²) in [5.41, 5.74) is 4.51. The Hall–Kier alpha value is -3.80. The lowest BCUT2D eigenvalue weighted by molar-refractivity contribution is 0.102. The van der Waals surface area contributed by atoms with E-state index in [9.17, 15) is 4.79 Å². The molecule has 1 N–H and O–H groups in total. The van der Waals surface area contributed by atoms with Crippen LogP contribution < -0.4 is 14.8 Å². The highest BCUT2D eigenvalue weighted by Crippen LogP contribution is 2.33.